The molecule has 0 aliphatic carbocycles. The summed E-state index contributed by atoms with van der Waals surface area (Å²) in [5.74, 6) is 1.86. The summed E-state index contributed by atoms with van der Waals surface area (Å²) in [5, 5.41) is 3.39. The van der Waals surface area contributed by atoms with Crippen LogP contribution < -0.4 is 5.32 Å². The number of aromatic nitrogens is 1. The van der Waals surface area contributed by atoms with E-state index in [2.05, 4.69) is 24.1 Å². The Balaban J connectivity index is 1.38. The van der Waals surface area contributed by atoms with Crippen molar-refractivity contribution in [3.8, 4) is 0 Å². The molecular weight excluding hydrogens is 334 g/mol. The molecule has 4 heterocycles. The second kappa shape index (κ2) is 6.77. The number of thiophene rings is 1. The van der Waals surface area contributed by atoms with Crippen molar-refractivity contribution in [1.29, 1.82) is 0 Å². The van der Waals surface area contributed by atoms with E-state index in [1.807, 2.05) is 29.2 Å². The second-order valence-electron chi connectivity index (χ2n) is 6.95. The van der Waals surface area contributed by atoms with Crippen LogP contribution in [-0.4, -0.2) is 48.1 Å². The highest BCUT2D eigenvalue weighted by atomic mass is 32.1. The average molecular weight is 357 g/mol. The van der Waals surface area contributed by atoms with E-state index in [0.717, 1.165) is 30.4 Å². The predicted molar refractivity (Wildman–Crippen MR) is 99.1 cm³/mol. The Morgan fingerprint density at radius 2 is 2.28 bits per heavy atom. The Kier molecular flexibility index (Phi) is 4.48. The molecule has 6 heteroatoms. The zero-order chi connectivity index (χ0) is 17.4. The van der Waals surface area contributed by atoms with E-state index < -0.39 is 0 Å². The van der Waals surface area contributed by atoms with E-state index in [0.29, 0.717) is 18.4 Å². The molecule has 1 amide bonds. The van der Waals surface area contributed by atoms with Gasteiger partial charge in [0.2, 0.25) is 0 Å². The maximum atomic E-state index is 12.8. The number of aryl methyl sites for hydroxylation is 2. The van der Waals surface area contributed by atoms with Crippen LogP contribution in [0, 0.1) is 25.7 Å². The number of ether oxygens (including phenoxy) is 1. The summed E-state index contributed by atoms with van der Waals surface area (Å²) in [6, 6.07) is 7.87. The van der Waals surface area contributed by atoms with Gasteiger partial charge in [-0.05, 0) is 37.6 Å². The highest BCUT2D eigenvalue weighted by Gasteiger charge is 2.45. The molecule has 2 aliphatic heterocycles. The lowest BCUT2D eigenvalue weighted by atomic mass is 9.93. The molecule has 2 fully saturated rings. The van der Waals surface area contributed by atoms with E-state index in [1.165, 1.54) is 10.4 Å². The number of carbonyl (C=O) groups is 1. The standard InChI is InChI=1S/C19H23N3O2S/c1-12-7-17(25-13(12)2)19(23)22-9-15-14(11-24-16(15)10-22)8-21-18-5-3-4-6-20-18/h3-7,14-16H,8-11H2,1-2H3,(H,20,21)/t14-,15+,16+/m0/s1. The number of hydrogen-bond acceptors (Lipinski definition) is 5. The van der Waals surface area contributed by atoms with Crippen LogP contribution in [0.3, 0.4) is 0 Å². The van der Waals surface area contributed by atoms with E-state index in [1.54, 1.807) is 17.5 Å². The number of nitrogens with one attached hydrogen (secondary N) is 1. The molecule has 0 saturated carbocycles. The molecule has 2 aliphatic rings. The number of carbonyl (C=O) groups excluding carboxylic acids is 1. The van der Waals surface area contributed by atoms with Gasteiger partial charge in [0.25, 0.3) is 5.91 Å². The smallest absolute Gasteiger partial charge is 0.264 e. The summed E-state index contributed by atoms with van der Waals surface area (Å²) in [5.41, 5.74) is 1.20. The lowest BCUT2D eigenvalue weighted by Crippen LogP contribution is -2.31. The molecule has 0 bridgehead atoms. The first-order valence-electron chi connectivity index (χ1n) is 8.74. The summed E-state index contributed by atoms with van der Waals surface area (Å²) in [6.45, 7) is 7.21. The first-order valence-corrected chi connectivity index (χ1v) is 9.56. The van der Waals surface area contributed by atoms with Gasteiger partial charge in [0.05, 0.1) is 17.6 Å². The largest absolute Gasteiger partial charge is 0.376 e. The summed E-state index contributed by atoms with van der Waals surface area (Å²) in [7, 11) is 0. The molecule has 0 unspecified atom stereocenters. The highest BCUT2D eigenvalue weighted by molar-refractivity contribution is 7.14. The molecule has 132 valence electrons. The molecule has 5 nitrogen and oxygen atoms in total. The van der Waals surface area contributed by atoms with Crippen molar-refractivity contribution in [3.05, 3.63) is 45.8 Å². The summed E-state index contributed by atoms with van der Waals surface area (Å²) >= 11 is 1.59. The van der Waals surface area contributed by atoms with Crippen LogP contribution in [0.5, 0.6) is 0 Å². The number of pyridine rings is 1. The van der Waals surface area contributed by atoms with Crippen molar-refractivity contribution in [3.63, 3.8) is 0 Å². The molecule has 0 spiro atoms. The van der Waals surface area contributed by atoms with Crippen molar-refractivity contribution in [2.24, 2.45) is 11.8 Å². The number of nitrogens with zero attached hydrogens (tertiary/aromatic N) is 2. The lowest BCUT2D eigenvalue weighted by molar-refractivity contribution is 0.0684. The van der Waals surface area contributed by atoms with Crippen LogP contribution >= 0.6 is 11.3 Å². The van der Waals surface area contributed by atoms with Gasteiger partial charge < -0.3 is 15.0 Å². The number of likely N-dealkylation sites (tertiary alicyclic amines) is 1. The third-order valence-electron chi connectivity index (χ3n) is 5.31. The molecule has 3 atom stereocenters. The minimum Gasteiger partial charge on any atom is -0.376 e. The van der Waals surface area contributed by atoms with Gasteiger partial charge >= 0.3 is 0 Å². The third kappa shape index (κ3) is 3.28. The van der Waals surface area contributed by atoms with Gasteiger partial charge in [-0.1, -0.05) is 6.07 Å². The zero-order valence-corrected chi connectivity index (χ0v) is 15.4. The predicted octanol–water partition coefficient (Wildman–Crippen LogP) is 2.96. The SMILES string of the molecule is Cc1cc(C(=O)N2C[C@@H]3[C@@H](CNc4ccccn4)CO[C@@H]3C2)sc1C. The molecule has 0 radical (unpaired) electrons. The van der Waals surface area contributed by atoms with Crippen molar-refractivity contribution >= 4 is 23.1 Å². The summed E-state index contributed by atoms with van der Waals surface area (Å²) in [6.07, 6.45) is 1.96. The van der Waals surface area contributed by atoms with Crippen LogP contribution in [0.4, 0.5) is 5.82 Å². The molecule has 0 aromatic carbocycles. The van der Waals surface area contributed by atoms with Gasteiger partial charge in [-0.2, -0.15) is 0 Å². The third-order valence-corrected chi connectivity index (χ3v) is 6.45. The van der Waals surface area contributed by atoms with Crippen LogP contribution in [0.25, 0.3) is 0 Å². The van der Waals surface area contributed by atoms with Crippen LogP contribution in [0.2, 0.25) is 0 Å². The molecule has 25 heavy (non-hydrogen) atoms. The molecule has 2 aromatic rings. The number of fused-ring (bicyclic) bond motifs is 1. The quantitative estimate of drug-likeness (QED) is 0.914. The van der Waals surface area contributed by atoms with Crippen LogP contribution in [0.1, 0.15) is 20.1 Å². The minimum atomic E-state index is 0.149. The Bertz CT molecular complexity index is 742. The fourth-order valence-electron chi connectivity index (χ4n) is 3.71. The maximum Gasteiger partial charge on any atom is 0.264 e. The van der Waals surface area contributed by atoms with Crippen molar-refractivity contribution in [2.75, 3.05) is 31.6 Å². The lowest BCUT2D eigenvalue weighted by Gasteiger charge is -2.20. The molecular formula is C19H23N3O2S. The Morgan fingerprint density at radius 3 is 3.00 bits per heavy atom. The average Bonchev–Trinajstić information content (AvgIpc) is 3.29. The summed E-state index contributed by atoms with van der Waals surface area (Å²) in [4.78, 5) is 21.1. The van der Waals surface area contributed by atoms with Gasteiger partial charge in [0.15, 0.2) is 0 Å². The van der Waals surface area contributed by atoms with Crippen LogP contribution in [0.15, 0.2) is 30.5 Å². The van der Waals surface area contributed by atoms with E-state index >= 15 is 0 Å². The number of hydrogen-bond donors (Lipinski definition) is 1. The fourth-order valence-corrected chi connectivity index (χ4v) is 4.71. The van der Waals surface area contributed by atoms with Gasteiger partial charge in [-0.15, -0.1) is 11.3 Å². The van der Waals surface area contributed by atoms with Crippen molar-refractivity contribution in [1.82, 2.24) is 9.88 Å². The van der Waals surface area contributed by atoms with Gasteiger partial charge in [-0.25, -0.2) is 4.98 Å². The summed E-state index contributed by atoms with van der Waals surface area (Å²) < 4.78 is 5.97. The minimum absolute atomic E-state index is 0.149. The maximum absolute atomic E-state index is 12.8. The normalized spacial score (nSPS) is 25.2. The molecule has 4 rings (SSSR count). The van der Waals surface area contributed by atoms with Crippen molar-refractivity contribution < 1.29 is 9.53 Å². The van der Waals surface area contributed by atoms with Gasteiger partial charge in [0.1, 0.15) is 5.82 Å². The van der Waals surface area contributed by atoms with Crippen molar-refractivity contribution in [2.45, 2.75) is 20.0 Å². The van der Waals surface area contributed by atoms with E-state index in [4.69, 9.17) is 4.74 Å². The number of anilines is 1. The fraction of sp³-hybridized carbons (Fsp3) is 0.474. The number of rotatable bonds is 4. The Hall–Kier alpha value is -1.92. The first kappa shape index (κ1) is 16.5. The second-order valence-corrected chi connectivity index (χ2v) is 8.21. The van der Waals surface area contributed by atoms with Gasteiger partial charge in [0, 0.05) is 42.5 Å². The Labute approximate surface area is 152 Å². The molecule has 1 N–H and O–H groups in total. The topological polar surface area (TPSA) is 54.5 Å². The molecule has 2 saturated heterocycles. The highest BCUT2D eigenvalue weighted by Crippen LogP contribution is 2.35. The molecule has 2 aromatic heterocycles. The monoisotopic (exact) mass is 357 g/mol. The van der Waals surface area contributed by atoms with E-state index in [-0.39, 0.29) is 12.0 Å². The Morgan fingerprint density at radius 1 is 1.40 bits per heavy atom. The zero-order valence-electron chi connectivity index (χ0n) is 14.6. The van der Waals surface area contributed by atoms with E-state index in [9.17, 15) is 4.79 Å². The van der Waals surface area contributed by atoms with Gasteiger partial charge in [-0.3, -0.25) is 4.79 Å². The van der Waals surface area contributed by atoms with Crippen LogP contribution in [-0.2, 0) is 4.74 Å². The first-order chi connectivity index (χ1) is 12.1. The number of amides is 1.